The quantitative estimate of drug-likeness (QED) is 0.728. The Hall–Kier alpha value is -0.0300. The number of likely N-dealkylation sites (tertiary alicyclic amines) is 1. The molecule has 2 N–H and O–H groups in total. The van der Waals surface area contributed by atoms with E-state index in [1.807, 2.05) is 0 Å². The highest BCUT2D eigenvalue weighted by Gasteiger charge is 2.39. The standard InChI is InChI=1S/C16H33N3O.2ClH/c1-5-16(6-2,13-17)15(20)19-10-9-14(12-19)11-18(7-3)8-4;;/h14H,5-13,17H2,1-4H3;2*1H. The molecule has 1 unspecified atom stereocenters. The molecule has 4 nitrogen and oxygen atoms in total. The highest BCUT2D eigenvalue weighted by Crippen LogP contribution is 2.30. The smallest absolute Gasteiger partial charge is 0.230 e. The first-order valence-corrected chi connectivity index (χ1v) is 8.28. The van der Waals surface area contributed by atoms with E-state index in [9.17, 15) is 4.79 Å². The summed E-state index contributed by atoms with van der Waals surface area (Å²) in [5.41, 5.74) is 5.57. The van der Waals surface area contributed by atoms with Crippen LogP contribution in [0.4, 0.5) is 0 Å². The van der Waals surface area contributed by atoms with Crippen LogP contribution in [0.3, 0.4) is 0 Å². The summed E-state index contributed by atoms with van der Waals surface area (Å²) in [4.78, 5) is 17.3. The maximum Gasteiger partial charge on any atom is 0.230 e. The van der Waals surface area contributed by atoms with Gasteiger partial charge in [-0.3, -0.25) is 4.79 Å². The second kappa shape index (κ2) is 11.5. The van der Waals surface area contributed by atoms with Crippen molar-refractivity contribution in [2.75, 3.05) is 39.3 Å². The van der Waals surface area contributed by atoms with E-state index in [1.165, 1.54) is 0 Å². The molecule has 1 aliphatic rings. The van der Waals surface area contributed by atoms with Gasteiger partial charge in [0.15, 0.2) is 0 Å². The lowest BCUT2D eigenvalue weighted by molar-refractivity contribution is -0.141. The van der Waals surface area contributed by atoms with Crippen molar-refractivity contribution in [1.82, 2.24) is 9.80 Å². The van der Waals surface area contributed by atoms with E-state index < -0.39 is 0 Å². The first-order valence-electron chi connectivity index (χ1n) is 8.28. The van der Waals surface area contributed by atoms with E-state index in [0.717, 1.165) is 52.0 Å². The molecule has 1 saturated heterocycles. The molecule has 0 aromatic carbocycles. The summed E-state index contributed by atoms with van der Waals surface area (Å²) in [5.74, 6) is 0.912. The molecule has 0 aromatic heterocycles. The normalized spacial score (nSPS) is 18.1. The van der Waals surface area contributed by atoms with Crippen molar-refractivity contribution >= 4 is 30.7 Å². The third-order valence-corrected chi connectivity index (χ3v) is 5.18. The molecule has 0 aliphatic carbocycles. The topological polar surface area (TPSA) is 49.6 Å². The molecular formula is C16H35Cl2N3O. The van der Waals surface area contributed by atoms with Gasteiger partial charge in [0, 0.05) is 26.2 Å². The van der Waals surface area contributed by atoms with Gasteiger partial charge in [0.05, 0.1) is 5.41 Å². The molecule has 0 bridgehead atoms. The maximum atomic E-state index is 12.8. The molecular weight excluding hydrogens is 321 g/mol. The zero-order valence-electron chi connectivity index (χ0n) is 14.6. The van der Waals surface area contributed by atoms with Crippen LogP contribution in [0.15, 0.2) is 0 Å². The molecule has 22 heavy (non-hydrogen) atoms. The largest absolute Gasteiger partial charge is 0.342 e. The number of carbonyl (C=O) groups excluding carboxylic acids is 1. The third kappa shape index (κ3) is 5.55. The zero-order chi connectivity index (χ0) is 15.2. The Morgan fingerprint density at radius 3 is 2.14 bits per heavy atom. The predicted octanol–water partition coefficient (Wildman–Crippen LogP) is 2.79. The Labute approximate surface area is 149 Å². The van der Waals surface area contributed by atoms with E-state index in [1.54, 1.807) is 0 Å². The van der Waals surface area contributed by atoms with E-state index in [-0.39, 0.29) is 36.1 Å². The summed E-state index contributed by atoms with van der Waals surface area (Å²) < 4.78 is 0. The summed E-state index contributed by atoms with van der Waals surface area (Å²) in [5, 5.41) is 0. The van der Waals surface area contributed by atoms with Crippen LogP contribution in [-0.4, -0.2) is 55.0 Å². The third-order valence-electron chi connectivity index (χ3n) is 5.18. The average Bonchev–Trinajstić information content (AvgIpc) is 2.95. The maximum absolute atomic E-state index is 12.8. The second-order valence-corrected chi connectivity index (χ2v) is 6.08. The van der Waals surface area contributed by atoms with Crippen LogP contribution in [-0.2, 0) is 4.79 Å². The molecule has 1 aliphatic heterocycles. The van der Waals surface area contributed by atoms with Gasteiger partial charge >= 0.3 is 0 Å². The fourth-order valence-electron chi connectivity index (χ4n) is 3.28. The molecule has 0 aromatic rings. The van der Waals surface area contributed by atoms with Gasteiger partial charge in [-0.15, -0.1) is 24.8 Å². The minimum Gasteiger partial charge on any atom is -0.342 e. The molecule has 0 spiro atoms. The fraction of sp³-hybridized carbons (Fsp3) is 0.938. The van der Waals surface area contributed by atoms with Crippen molar-refractivity contribution in [1.29, 1.82) is 0 Å². The molecule has 1 heterocycles. The number of nitrogens with zero attached hydrogens (tertiary/aromatic N) is 2. The van der Waals surface area contributed by atoms with Gasteiger partial charge in [0.25, 0.3) is 0 Å². The van der Waals surface area contributed by atoms with Crippen LogP contribution < -0.4 is 5.73 Å². The molecule has 1 rings (SSSR count). The highest BCUT2D eigenvalue weighted by atomic mass is 35.5. The van der Waals surface area contributed by atoms with E-state index >= 15 is 0 Å². The Bertz CT molecular complexity index is 300. The summed E-state index contributed by atoms with van der Waals surface area (Å²) in [6.45, 7) is 14.2. The van der Waals surface area contributed by atoms with Crippen molar-refractivity contribution < 1.29 is 4.79 Å². The Morgan fingerprint density at radius 1 is 1.18 bits per heavy atom. The van der Waals surface area contributed by atoms with Crippen LogP contribution in [0.25, 0.3) is 0 Å². The Kier molecular flexibility index (Phi) is 12.7. The van der Waals surface area contributed by atoms with Gasteiger partial charge < -0.3 is 15.5 Å². The molecule has 1 atom stereocenters. The van der Waals surface area contributed by atoms with E-state index in [4.69, 9.17) is 5.73 Å². The van der Waals surface area contributed by atoms with Gasteiger partial charge in [0.2, 0.25) is 5.91 Å². The lowest BCUT2D eigenvalue weighted by atomic mass is 9.81. The van der Waals surface area contributed by atoms with Gasteiger partial charge in [-0.25, -0.2) is 0 Å². The number of nitrogens with two attached hydrogens (primary N) is 1. The lowest BCUT2D eigenvalue weighted by Gasteiger charge is -2.33. The molecule has 1 fully saturated rings. The van der Waals surface area contributed by atoms with Crippen molar-refractivity contribution in [3.05, 3.63) is 0 Å². The van der Waals surface area contributed by atoms with Crippen molar-refractivity contribution in [3.63, 3.8) is 0 Å². The number of carbonyl (C=O) groups is 1. The van der Waals surface area contributed by atoms with Gasteiger partial charge in [0.1, 0.15) is 0 Å². The molecule has 6 heteroatoms. The monoisotopic (exact) mass is 355 g/mol. The van der Waals surface area contributed by atoms with Crippen molar-refractivity contribution in [2.45, 2.75) is 47.0 Å². The first-order chi connectivity index (χ1) is 9.56. The SMILES string of the molecule is CCN(CC)CC1CCN(C(=O)C(CC)(CC)CN)C1.Cl.Cl. The van der Waals surface area contributed by atoms with Crippen LogP contribution in [0.1, 0.15) is 47.0 Å². The predicted molar refractivity (Wildman–Crippen MR) is 99.0 cm³/mol. The second-order valence-electron chi connectivity index (χ2n) is 6.08. The van der Waals surface area contributed by atoms with Gasteiger partial charge in [-0.2, -0.15) is 0 Å². The minimum absolute atomic E-state index is 0. The Morgan fingerprint density at radius 2 is 1.73 bits per heavy atom. The fourth-order valence-corrected chi connectivity index (χ4v) is 3.28. The van der Waals surface area contributed by atoms with Gasteiger partial charge in [-0.1, -0.05) is 27.7 Å². The van der Waals surface area contributed by atoms with Crippen LogP contribution in [0.2, 0.25) is 0 Å². The highest BCUT2D eigenvalue weighted by molar-refractivity contribution is 5.85. The van der Waals surface area contributed by atoms with Crippen LogP contribution in [0, 0.1) is 11.3 Å². The Balaban J connectivity index is 0. The summed E-state index contributed by atoms with van der Waals surface area (Å²) >= 11 is 0. The minimum atomic E-state index is -0.329. The first kappa shape index (κ1) is 24.2. The average molecular weight is 356 g/mol. The van der Waals surface area contributed by atoms with E-state index in [2.05, 4.69) is 37.5 Å². The van der Waals surface area contributed by atoms with Crippen molar-refractivity contribution in [2.24, 2.45) is 17.1 Å². The molecule has 134 valence electrons. The summed E-state index contributed by atoms with van der Waals surface area (Å²) in [6.07, 6.45) is 2.82. The summed E-state index contributed by atoms with van der Waals surface area (Å²) in [7, 11) is 0. The van der Waals surface area contributed by atoms with Crippen LogP contribution in [0.5, 0.6) is 0 Å². The number of hydrogen-bond acceptors (Lipinski definition) is 3. The molecule has 1 amide bonds. The summed E-state index contributed by atoms with van der Waals surface area (Å²) in [6, 6.07) is 0. The number of hydrogen-bond donors (Lipinski definition) is 1. The number of amides is 1. The number of halogens is 2. The molecule has 0 radical (unpaired) electrons. The van der Waals surface area contributed by atoms with E-state index in [0.29, 0.717) is 12.5 Å². The van der Waals surface area contributed by atoms with Gasteiger partial charge in [-0.05, 0) is 38.3 Å². The lowest BCUT2D eigenvalue weighted by Crippen LogP contribution is -2.47. The van der Waals surface area contributed by atoms with Crippen LogP contribution >= 0.6 is 24.8 Å². The molecule has 0 saturated carbocycles. The zero-order valence-corrected chi connectivity index (χ0v) is 16.3. The van der Waals surface area contributed by atoms with Crippen molar-refractivity contribution in [3.8, 4) is 0 Å². The number of rotatable bonds is 8.